The molecule has 2 rings (SSSR count). The summed E-state index contributed by atoms with van der Waals surface area (Å²) in [7, 11) is 0. The summed E-state index contributed by atoms with van der Waals surface area (Å²) < 4.78 is 0. The van der Waals surface area contributed by atoms with Crippen LogP contribution in [-0.2, 0) is 0 Å². The summed E-state index contributed by atoms with van der Waals surface area (Å²) in [5.41, 5.74) is 0.299. The van der Waals surface area contributed by atoms with E-state index in [9.17, 15) is 0 Å². The molecule has 2 heteroatoms. The topological polar surface area (TPSA) is 15.3 Å². The lowest BCUT2D eigenvalue weighted by Gasteiger charge is -2.35. The van der Waals surface area contributed by atoms with E-state index in [1.807, 2.05) is 0 Å². The molecule has 0 aromatic rings. The average Bonchev–Trinajstić information content (AvgIpc) is 2.87. The molecule has 2 aliphatic rings. The first-order valence-electron chi connectivity index (χ1n) is 7.02. The second kappa shape index (κ2) is 4.66. The van der Waals surface area contributed by atoms with E-state index >= 15 is 0 Å². The Kier molecular flexibility index (Phi) is 3.60. The molecule has 1 N–H and O–H groups in total. The maximum atomic E-state index is 3.70. The number of hydrogen-bond acceptors (Lipinski definition) is 2. The van der Waals surface area contributed by atoms with Gasteiger partial charge in [-0.3, -0.25) is 4.90 Å². The second-order valence-corrected chi connectivity index (χ2v) is 6.50. The van der Waals surface area contributed by atoms with Gasteiger partial charge in [0.2, 0.25) is 0 Å². The van der Waals surface area contributed by atoms with E-state index < -0.39 is 0 Å². The van der Waals surface area contributed by atoms with Crippen LogP contribution in [0.15, 0.2) is 0 Å². The van der Waals surface area contributed by atoms with Crippen LogP contribution in [0.25, 0.3) is 0 Å². The molecule has 1 aliphatic carbocycles. The third-order valence-corrected chi connectivity index (χ3v) is 4.78. The summed E-state index contributed by atoms with van der Waals surface area (Å²) in [6.07, 6.45) is 5.61. The molecule has 2 bridgehead atoms. The van der Waals surface area contributed by atoms with Gasteiger partial charge in [0.25, 0.3) is 0 Å². The van der Waals surface area contributed by atoms with Gasteiger partial charge in [0.15, 0.2) is 0 Å². The van der Waals surface area contributed by atoms with Crippen LogP contribution in [0.5, 0.6) is 0 Å². The van der Waals surface area contributed by atoms with Gasteiger partial charge in [-0.25, -0.2) is 0 Å². The number of nitrogens with one attached hydrogen (secondary N) is 1. The molecule has 3 unspecified atom stereocenters. The van der Waals surface area contributed by atoms with Crippen LogP contribution in [0, 0.1) is 5.92 Å². The number of likely N-dealkylation sites (tertiary alicyclic amines) is 1. The highest BCUT2D eigenvalue weighted by atomic mass is 15.2. The monoisotopic (exact) mass is 224 g/mol. The Morgan fingerprint density at radius 2 is 2.12 bits per heavy atom. The minimum absolute atomic E-state index is 0.299. The van der Waals surface area contributed by atoms with Crippen molar-refractivity contribution >= 4 is 0 Å². The zero-order chi connectivity index (χ0) is 11.8. The lowest BCUT2D eigenvalue weighted by atomic mass is 10.0. The van der Waals surface area contributed by atoms with Crippen LogP contribution in [0.1, 0.15) is 53.4 Å². The lowest BCUT2D eigenvalue weighted by Crippen LogP contribution is -2.49. The summed E-state index contributed by atoms with van der Waals surface area (Å²) in [6.45, 7) is 11.8. The molecule has 1 heterocycles. The molecule has 2 fully saturated rings. The van der Waals surface area contributed by atoms with Crippen LogP contribution in [-0.4, -0.2) is 35.6 Å². The largest absolute Gasteiger partial charge is 0.310 e. The third-order valence-electron chi connectivity index (χ3n) is 4.78. The zero-order valence-corrected chi connectivity index (χ0v) is 11.4. The Hall–Kier alpha value is -0.0800. The van der Waals surface area contributed by atoms with Gasteiger partial charge in [-0.2, -0.15) is 0 Å². The van der Waals surface area contributed by atoms with Crippen LogP contribution >= 0.6 is 0 Å². The molecule has 3 atom stereocenters. The fourth-order valence-corrected chi connectivity index (χ4v) is 3.17. The van der Waals surface area contributed by atoms with E-state index in [1.165, 1.54) is 32.2 Å². The lowest BCUT2D eigenvalue weighted by molar-refractivity contribution is 0.149. The molecule has 0 amide bonds. The van der Waals surface area contributed by atoms with Crippen LogP contribution in [0.2, 0.25) is 0 Å². The predicted octanol–water partition coefficient (Wildman–Crippen LogP) is 2.64. The van der Waals surface area contributed by atoms with Crippen molar-refractivity contribution in [3.8, 4) is 0 Å². The number of hydrogen-bond donors (Lipinski definition) is 1. The summed E-state index contributed by atoms with van der Waals surface area (Å²) in [5, 5.41) is 3.70. The van der Waals surface area contributed by atoms with Crippen molar-refractivity contribution in [3.05, 3.63) is 0 Å². The first-order valence-corrected chi connectivity index (χ1v) is 7.02. The zero-order valence-electron chi connectivity index (χ0n) is 11.4. The Morgan fingerprint density at radius 1 is 1.38 bits per heavy atom. The van der Waals surface area contributed by atoms with Crippen LogP contribution in [0.3, 0.4) is 0 Å². The number of rotatable bonds is 5. The van der Waals surface area contributed by atoms with E-state index in [0.29, 0.717) is 11.6 Å². The molecule has 2 nitrogen and oxygen atoms in total. The Labute approximate surface area is 101 Å². The van der Waals surface area contributed by atoms with Gasteiger partial charge >= 0.3 is 0 Å². The molecule has 1 saturated heterocycles. The average molecular weight is 224 g/mol. The van der Waals surface area contributed by atoms with Crippen molar-refractivity contribution in [1.82, 2.24) is 10.2 Å². The fraction of sp³-hybridized carbons (Fsp3) is 1.00. The first-order chi connectivity index (χ1) is 7.52. The quantitative estimate of drug-likeness (QED) is 0.772. The van der Waals surface area contributed by atoms with Crippen molar-refractivity contribution in [1.29, 1.82) is 0 Å². The summed E-state index contributed by atoms with van der Waals surface area (Å²) in [6, 6.07) is 1.62. The smallest absolute Gasteiger partial charge is 0.0195 e. The van der Waals surface area contributed by atoms with Crippen molar-refractivity contribution in [2.24, 2.45) is 5.92 Å². The molecular weight excluding hydrogens is 196 g/mol. The van der Waals surface area contributed by atoms with E-state index in [0.717, 1.165) is 18.5 Å². The predicted molar refractivity (Wildman–Crippen MR) is 69.7 cm³/mol. The Balaban J connectivity index is 1.78. The molecule has 0 radical (unpaired) electrons. The summed E-state index contributed by atoms with van der Waals surface area (Å²) in [5.74, 6) is 1.02. The van der Waals surface area contributed by atoms with E-state index in [-0.39, 0.29) is 0 Å². The van der Waals surface area contributed by atoms with Crippen molar-refractivity contribution in [2.45, 2.75) is 71.0 Å². The van der Waals surface area contributed by atoms with Gasteiger partial charge < -0.3 is 5.32 Å². The van der Waals surface area contributed by atoms with Gasteiger partial charge in [0, 0.05) is 30.7 Å². The molecule has 0 aromatic heterocycles. The van der Waals surface area contributed by atoms with E-state index in [1.54, 1.807) is 0 Å². The Morgan fingerprint density at radius 3 is 2.62 bits per heavy atom. The van der Waals surface area contributed by atoms with Gasteiger partial charge in [-0.1, -0.05) is 6.92 Å². The molecule has 1 aliphatic heterocycles. The Bertz CT molecular complexity index is 237. The number of piperidine rings is 1. The standard InChI is InChI=1S/C14H28N2/c1-5-14(3,4)15-9-11(2)16-10-12-6-7-13(16)8-12/h11-13,15H,5-10H2,1-4H3. The van der Waals surface area contributed by atoms with Gasteiger partial charge in [-0.15, -0.1) is 0 Å². The molecule has 16 heavy (non-hydrogen) atoms. The van der Waals surface area contributed by atoms with Gasteiger partial charge in [-0.05, 0) is 52.4 Å². The maximum absolute atomic E-state index is 3.70. The maximum Gasteiger partial charge on any atom is 0.0195 e. The van der Waals surface area contributed by atoms with Crippen molar-refractivity contribution in [3.63, 3.8) is 0 Å². The minimum atomic E-state index is 0.299. The highest BCUT2D eigenvalue weighted by Crippen LogP contribution is 2.38. The van der Waals surface area contributed by atoms with Gasteiger partial charge in [0.05, 0.1) is 0 Å². The van der Waals surface area contributed by atoms with Gasteiger partial charge in [0.1, 0.15) is 0 Å². The molecule has 0 aromatic carbocycles. The number of fused-ring (bicyclic) bond motifs is 2. The SMILES string of the molecule is CCC(C)(C)NCC(C)N1CC2CCC1C2. The second-order valence-electron chi connectivity index (χ2n) is 6.50. The van der Waals surface area contributed by atoms with Crippen molar-refractivity contribution < 1.29 is 0 Å². The molecule has 1 saturated carbocycles. The third kappa shape index (κ3) is 2.60. The van der Waals surface area contributed by atoms with E-state index in [2.05, 4.69) is 37.9 Å². The van der Waals surface area contributed by atoms with E-state index in [4.69, 9.17) is 0 Å². The van der Waals surface area contributed by atoms with Crippen LogP contribution < -0.4 is 5.32 Å². The van der Waals surface area contributed by atoms with Crippen LogP contribution in [0.4, 0.5) is 0 Å². The highest BCUT2D eigenvalue weighted by molar-refractivity contribution is 4.95. The summed E-state index contributed by atoms with van der Waals surface area (Å²) in [4.78, 5) is 2.74. The molecule has 0 spiro atoms. The van der Waals surface area contributed by atoms with Crippen molar-refractivity contribution in [2.75, 3.05) is 13.1 Å². The summed E-state index contributed by atoms with van der Waals surface area (Å²) >= 11 is 0. The minimum Gasteiger partial charge on any atom is -0.310 e. The number of nitrogens with zero attached hydrogens (tertiary/aromatic N) is 1. The fourth-order valence-electron chi connectivity index (χ4n) is 3.17. The normalized spacial score (nSPS) is 32.2. The first kappa shape index (κ1) is 12.4. The molecular formula is C14H28N2. The highest BCUT2D eigenvalue weighted by Gasteiger charge is 2.39. The molecule has 94 valence electrons.